The van der Waals surface area contributed by atoms with Crippen LogP contribution in [0.3, 0.4) is 0 Å². The van der Waals surface area contributed by atoms with Crippen molar-refractivity contribution in [2.24, 2.45) is 0 Å². The Morgan fingerprint density at radius 3 is 2.75 bits per heavy atom. The molecule has 3 N–H and O–H groups in total. The van der Waals surface area contributed by atoms with Gasteiger partial charge in [-0.15, -0.1) is 0 Å². The zero-order valence-corrected chi connectivity index (χ0v) is 9.00. The van der Waals surface area contributed by atoms with Crippen LogP contribution in [0.25, 0.3) is 0 Å². The summed E-state index contributed by atoms with van der Waals surface area (Å²) in [4.78, 5) is 3.89. The summed E-state index contributed by atoms with van der Waals surface area (Å²) in [6, 6.07) is 6.07. The molecule has 3 nitrogen and oxygen atoms in total. The van der Waals surface area contributed by atoms with Gasteiger partial charge in [-0.2, -0.15) is 0 Å². The highest BCUT2D eigenvalue weighted by Gasteiger charge is 2.03. The monoisotopic (exact) mass is 237 g/mol. The quantitative estimate of drug-likeness (QED) is 0.843. The maximum atomic E-state index is 13.4. The van der Waals surface area contributed by atoms with Gasteiger partial charge in [0.2, 0.25) is 0 Å². The second kappa shape index (κ2) is 4.37. The van der Waals surface area contributed by atoms with Gasteiger partial charge in [-0.25, -0.2) is 4.39 Å². The van der Waals surface area contributed by atoms with Gasteiger partial charge in [0, 0.05) is 11.2 Å². The van der Waals surface area contributed by atoms with E-state index >= 15 is 0 Å². The van der Waals surface area contributed by atoms with Crippen LogP contribution in [-0.2, 0) is 0 Å². The summed E-state index contributed by atoms with van der Waals surface area (Å²) in [5.74, 6) is -0.421. The fraction of sp³-hybridized carbons (Fsp3) is 0. The predicted molar refractivity (Wildman–Crippen MR) is 63.3 cm³/mol. The number of aromatic nitrogens is 1. The molecule has 0 amide bonds. The summed E-state index contributed by atoms with van der Waals surface area (Å²) in [6.45, 7) is 0. The molecule has 0 saturated heterocycles. The Hall–Kier alpha value is -1.81. The molecule has 0 aliphatic rings. The molecule has 82 valence electrons. The Kier molecular flexibility index (Phi) is 2.92. The average Bonchev–Trinajstić information content (AvgIpc) is 2.22. The second-order valence-electron chi connectivity index (χ2n) is 3.26. The minimum Gasteiger partial charge on any atom is -0.397 e. The molecule has 0 unspecified atom stereocenters. The molecule has 16 heavy (non-hydrogen) atoms. The summed E-state index contributed by atoms with van der Waals surface area (Å²) in [7, 11) is 0. The van der Waals surface area contributed by atoms with Crippen LogP contribution in [-0.4, -0.2) is 4.98 Å². The van der Waals surface area contributed by atoms with Gasteiger partial charge in [0.1, 0.15) is 5.82 Å². The van der Waals surface area contributed by atoms with Gasteiger partial charge in [0.25, 0.3) is 0 Å². The third-order valence-electron chi connectivity index (χ3n) is 1.97. The Labute approximate surface area is 97.1 Å². The maximum absolute atomic E-state index is 13.4. The maximum Gasteiger partial charge on any atom is 0.148 e. The molecule has 0 atom stereocenters. The Morgan fingerprint density at radius 2 is 2.06 bits per heavy atom. The number of hydrogen-bond donors (Lipinski definition) is 2. The number of halogens is 2. The molecule has 1 heterocycles. The van der Waals surface area contributed by atoms with Crippen LogP contribution >= 0.6 is 11.6 Å². The first-order valence-electron chi connectivity index (χ1n) is 4.58. The Balaban J connectivity index is 2.27. The van der Waals surface area contributed by atoms with Crippen LogP contribution in [0.15, 0.2) is 36.7 Å². The Morgan fingerprint density at radius 1 is 1.25 bits per heavy atom. The van der Waals surface area contributed by atoms with Crippen LogP contribution in [0.1, 0.15) is 0 Å². The molecule has 0 aliphatic carbocycles. The summed E-state index contributed by atoms with van der Waals surface area (Å²) in [6.07, 6.45) is 3.08. The summed E-state index contributed by atoms with van der Waals surface area (Å²) in [5, 5.41) is 3.22. The van der Waals surface area contributed by atoms with Crippen molar-refractivity contribution in [3.05, 3.63) is 47.5 Å². The van der Waals surface area contributed by atoms with Crippen molar-refractivity contribution in [1.29, 1.82) is 0 Å². The number of pyridine rings is 1. The highest BCUT2D eigenvalue weighted by Crippen LogP contribution is 2.23. The largest absolute Gasteiger partial charge is 0.397 e. The van der Waals surface area contributed by atoms with E-state index in [4.69, 9.17) is 17.3 Å². The van der Waals surface area contributed by atoms with E-state index in [1.807, 2.05) is 0 Å². The smallest absolute Gasteiger partial charge is 0.148 e. The zero-order valence-electron chi connectivity index (χ0n) is 8.24. The molecule has 0 aliphatic heterocycles. The van der Waals surface area contributed by atoms with Crippen LogP contribution in [0.4, 0.5) is 21.5 Å². The molecule has 5 heteroatoms. The number of nitrogen functional groups attached to an aromatic ring is 1. The molecule has 0 saturated carbocycles. The van der Waals surface area contributed by atoms with Gasteiger partial charge in [0.15, 0.2) is 0 Å². The first-order chi connectivity index (χ1) is 7.65. The van der Waals surface area contributed by atoms with Gasteiger partial charge in [-0.3, -0.25) is 4.98 Å². The van der Waals surface area contributed by atoms with E-state index in [0.29, 0.717) is 22.1 Å². The molecular formula is C11H9ClFN3. The number of anilines is 3. The van der Waals surface area contributed by atoms with Gasteiger partial charge in [0.05, 0.1) is 23.3 Å². The van der Waals surface area contributed by atoms with E-state index in [0.717, 1.165) is 0 Å². The topological polar surface area (TPSA) is 50.9 Å². The van der Waals surface area contributed by atoms with Crippen LogP contribution in [0.2, 0.25) is 5.02 Å². The third kappa shape index (κ3) is 2.41. The van der Waals surface area contributed by atoms with Gasteiger partial charge in [-0.1, -0.05) is 11.6 Å². The van der Waals surface area contributed by atoms with Crippen molar-refractivity contribution in [1.82, 2.24) is 4.98 Å². The number of nitrogens with zero attached hydrogens (tertiary/aromatic N) is 1. The van der Waals surface area contributed by atoms with Crippen LogP contribution < -0.4 is 11.1 Å². The molecule has 0 fully saturated rings. The van der Waals surface area contributed by atoms with Crippen molar-refractivity contribution >= 4 is 28.7 Å². The van der Waals surface area contributed by atoms with Crippen LogP contribution in [0, 0.1) is 5.82 Å². The van der Waals surface area contributed by atoms with Gasteiger partial charge < -0.3 is 11.1 Å². The molecule has 0 radical (unpaired) electrons. The molecule has 2 rings (SSSR count). The van der Waals surface area contributed by atoms with Crippen molar-refractivity contribution < 1.29 is 4.39 Å². The minimum atomic E-state index is -0.421. The lowest BCUT2D eigenvalue weighted by Gasteiger charge is -2.07. The van der Waals surface area contributed by atoms with E-state index in [9.17, 15) is 4.39 Å². The van der Waals surface area contributed by atoms with E-state index in [1.165, 1.54) is 12.3 Å². The van der Waals surface area contributed by atoms with E-state index in [2.05, 4.69) is 10.3 Å². The number of nitrogens with one attached hydrogen (secondary N) is 1. The molecule has 2 aromatic rings. The minimum absolute atomic E-state index is 0.330. The zero-order chi connectivity index (χ0) is 11.5. The van der Waals surface area contributed by atoms with E-state index in [1.54, 1.807) is 24.4 Å². The number of benzene rings is 1. The molecule has 0 bridgehead atoms. The summed E-state index contributed by atoms with van der Waals surface area (Å²) >= 11 is 5.65. The fourth-order valence-corrected chi connectivity index (χ4v) is 1.43. The number of hydrogen-bond acceptors (Lipinski definition) is 3. The lowest BCUT2D eigenvalue weighted by atomic mass is 10.3. The van der Waals surface area contributed by atoms with Crippen LogP contribution in [0.5, 0.6) is 0 Å². The first kappa shape index (κ1) is 10.7. The van der Waals surface area contributed by atoms with Gasteiger partial charge >= 0.3 is 0 Å². The third-order valence-corrected chi connectivity index (χ3v) is 2.20. The second-order valence-corrected chi connectivity index (χ2v) is 3.69. The van der Waals surface area contributed by atoms with E-state index < -0.39 is 5.82 Å². The Bertz CT molecular complexity index is 516. The van der Waals surface area contributed by atoms with E-state index in [-0.39, 0.29) is 0 Å². The first-order valence-corrected chi connectivity index (χ1v) is 4.95. The fourth-order valence-electron chi connectivity index (χ4n) is 1.27. The molecule has 1 aromatic carbocycles. The molecule has 0 spiro atoms. The number of rotatable bonds is 2. The predicted octanol–water partition coefficient (Wildman–Crippen LogP) is 3.20. The highest BCUT2D eigenvalue weighted by atomic mass is 35.5. The standard InChI is InChI=1S/C11H9ClFN3/c12-7-1-2-11(10(13)3-7)16-9-4-8(14)5-15-6-9/h1-6,16H,14H2. The molecule has 1 aromatic heterocycles. The lowest BCUT2D eigenvalue weighted by molar-refractivity contribution is 0.632. The van der Waals surface area contributed by atoms with Crippen molar-refractivity contribution in [2.45, 2.75) is 0 Å². The van der Waals surface area contributed by atoms with Crippen molar-refractivity contribution in [3.63, 3.8) is 0 Å². The normalized spacial score (nSPS) is 10.1. The van der Waals surface area contributed by atoms with Crippen molar-refractivity contribution in [3.8, 4) is 0 Å². The van der Waals surface area contributed by atoms with Gasteiger partial charge in [-0.05, 0) is 24.3 Å². The number of nitrogens with two attached hydrogens (primary N) is 1. The lowest BCUT2D eigenvalue weighted by Crippen LogP contribution is -1.95. The average molecular weight is 238 g/mol. The highest BCUT2D eigenvalue weighted by molar-refractivity contribution is 6.30. The molecular weight excluding hydrogens is 229 g/mol. The SMILES string of the molecule is Nc1cncc(Nc2ccc(Cl)cc2F)c1. The summed E-state index contributed by atoms with van der Waals surface area (Å²) in [5.41, 5.74) is 7.03. The summed E-state index contributed by atoms with van der Waals surface area (Å²) < 4.78 is 13.4. The van der Waals surface area contributed by atoms with Crippen molar-refractivity contribution in [2.75, 3.05) is 11.1 Å².